The zero-order chi connectivity index (χ0) is 13.4. The molecule has 1 rings (SSSR count). The predicted octanol–water partition coefficient (Wildman–Crippen LogP) is 2.25. The average Bonchev–Trinajstić information content (AvgIpc) is 1.95. The van der Waals surface area contributed by atoms with Crippen molar-refractivity contribution in [2.75, 3.05) is 0 Å². The molecule has 0 aromatic rings. The van der Waals surface area contributed by atoms with E-state index in [0.29, 0.717) is 6.42 Å². The highest BCUT2D eigenvalue weighted by atomic mass is 16.6. The Morgan fingerprint density at radius 3 is 2.29 bits per heavy atom. The van der Waals surface area contributed by atoms with Crippen LogP contribution in [0.15, 0.2) is 0 Å². The molecule has 0 aromatic heterocycles. The summed E-state index contributed by atoms with van der Waals surface area (Å²) < 4.78 is 5.28. The minimum Gasteiger partial charge on any atom is -0.481 e. The Kier molecular flexibility index (Phi) is 3.41. The number of amides is 1. The third-order valence-corrected chi connectivity index (χ3v) is 2.75. The lowest BCUT2D eigenvalue weighted by Crippen LogP contribution is -2.66. The van der Waals surface area contributed by atoms with E-state index in [-0.39, 0.29) is 18.0 Å². The van der Waals surface area contributed by atoms with Crippen LogP contribution in [0.3, 0.4) is 0 Å². The fraction of sp³-hybridized carbons (Fsp3) is 0.833. The zero-order valence-electron chi connectivity index (χ0n) is 11.1. The highest BCUT2D eigenvalue weighted by Gasteiger charge is 2.49. The summed E-state index contributed by atoms with van der Waals surface area (Å²) in [5.41, 5.74) is -0.876. The minimum atomic E-state index is -0.890. The zero-order valence-corrected chi connectivity index (χ0v) is 11.1. The number of nitrogens with zero attached hydrogens (tertiary/aromatic N) is 1. The largest absolute Gasteiger partial charge is 0.481 e. The summed E-state index contributed by atoms with van der Waals surface area (Å²) in [7, 11) is 0. The number of hydrogen-bond donors (Lipinski definition) is 1. The van der Waals surface area contributed by atoms with Crippen molar-refractivity contribution in [2.45, 2.75) is 64.6 Å². The number of ether oxygens (including phenoxy) is 1. The number of carbonyl (C=O) groups is 2. The third kappa shape index (κ3) is 3.35. The van der Waals surface area contributed by atoms with E-state index in [1.807, 2.05) is 13.8 Å². The monoisotopic (exact) mass is 243 g/mol. The van der Waals surface area contributed by atoms with Crippen molar-refractivity contribution in [3.63, 3.8) is 0 Å². The molecule has 0 bridgehead atoms. The first-order chi connectivity index (χ1) is 7.53. The summed E-state index contributed by atoms with van der Waals surface area (Å²) in [4.78, 5) is 24.2. The molecule has 1 heterocycles. The molecule has 1 saturated heterocycles. The highest BCUT2D eigenvalue weighted by Crippen LogP contribution is 2.38. The molecule has 0 aliphatic carbocycles. The molecule has 1 amide bonds. The van der Waals surface area contributed by atoms with E-state index in [0.717, 1.165) is 0 Å². The van der Waals surface area contributed by atoms with Gasteiger partial charge in [-0.2, -0.15) is 0 Å². The van der Waals surface area contributed by atoms with E-state index >= 15 is 0 Å². The Balaban J connectivity index is 2.70. The lowest BCUT2D eigenvalue weighted by atomic mass is 9.80. The van der Waals surface area contributed by atoms with Gasteiger partial charge in [0.05, 0.1) is 6.42 Å². The van der Waals surface area contributed by atoms with Gasteiger partial charge in [0.2, 0.25) is 0 Å². The van der Waals surface area contributed by atoms with Crippen molar-refractivity contribution in [3.05, 3.63) is 0 Å². The van der Waals surface area contributed by atoms with Gasteiger partial charge in [0.25, 0.3) is 0 Å². The first-order valence-corrected chi connectivity index (χ1v) is 5.77. The number of carbonyl (C=O) groups excluding carboxylic acids is 1. The van der Waals surface area contributed by atoms with Crippen LogP contribution in [0.5, 0.6) is 0 Å². The molecule has 0 spiro atoms. The Labute approximate surface area is 102 Å². The van der Waals surface area contributed by atoms with Crippen molar-refractivity contribution in [1.29, 1.82) is 0 Å². The number of carboxylic acid groups (broad SMARTS) is 1. The Bertz CT molecular complexity index is 330. The van der Waals surface area contributed by atoms with Gasteiger partial charge in [-0.25, -0.2) is 4.79 Å². The standard InChI is InChI=1S/C12H21NO4/c1-11(2,3)17-10(16)13-8(6-9(14)15)7-12(13,4)5/h8H,6-7H2,1-5H3,(H,14,15). The van der Waals surface area contributed by atoms with Crippen molar-refractivity contribution >= 4 is 12.1 Å². The van der Waals surface area contributed by atoms with Gasteiger partial charge in [-0.3, -0.25) is 9.69 Å². The number of likely N-dealkylation sites (tertiary alicyclic amines) is 1. The van der Waals surface area contributed by atoms with Gasteiger partial charge < -0.3 is 9.84 Å². The maximum Gasteiger partial charge on any atom is 0.410 e. The molecule has 1 N–H and O–H groups in total. The number of rotatable bonds is 2. The maximum absolute atomic E-state index is 12.0. The third-order valence-electron chi connectivity index (χ3n) is 2.75. The molecule has 5 nitrogen and oxygen atoms in total. The van der Waals surface area contributed by atoms with Gasteiger partial charge in [-0.05, 0) is 41.0 Å². The van der Waals surface area contributed by atoms with Crippen molar-refractivity contribution in [1.82, 2.24) is 4.90 Å². The second-order valence-electron chi connectivity index (χ2n) is 6.12. The van der Waals surface area contributed by atoms with Gasteiger partial charge in [-0.1, -0.05) is 0 Å². The van der Waals surface area contributed by atoms with Crippen LogP contribution < -0.4 is 0 Å². The number of carboxylic acids is 1. The smallest absolute Gasteiger partial charge is 0.410 e. The van der Waals surface area contributed by atoms with Crippen molar-refractivity contribution < 1.29 is 19.4 Å². The summed E-state index contributed by atoms with van der Waals surface area (Å²) in [5.74, 6) is -0.890. The normalized spacial score (nSPS) is 22.9. The van der Waals surface area contributed by atoms with E-state index < -0.39 is 17.7 Å². The van der Waals surface area contributed by atoms with Crippen LogP contribution in [0.25, 0.3) is 0 Å². The van der Waals surface area contributed by atoms with Crippen molar-refractivity contribution in [2.24, 2.45) is 0 Å². The SMILES string of the molecule is CC(C)(C)OC(=O)N1C(CC(=O)O)CC1(C)C. The second kappa shape index (κ2) is 4.20. The molecule has 1 atom stereocenters. The maximum atomic E-state index is 12.0. The lowest BCUT2D eigenvalue weighted by Gasteiger charge is -2.54. The molecule has 1 fully saturated rings. The van der Waals surface area contributed by atoms with Gasteiger partial charge in [0, 0.05) is 11.6 Å². The van der Waals surface area contributed by atoms with Crippen LogP contribution in [-0.2, 0) is 9.53 Å². The molecule has 0 radical (unpaired) electrons. The fourth-order valence-electron chi connectivity index (χ4n) is 2.22. The molecule has 5 heteroatoms. The molecule has 0 saturated carbocycles. The van der Waals surface area contributed by atoms with Crippen LogP contribution in [0.2, 0.25) is 0 Å². The summed E-state index contributed by atoms with van der Waals surface area (Å²) in [5, 5.41) is 8.77. The summed E-state index contributed by atoms with van der Waals surface area (Å²) in [6.07, 6.45) is 0.237. The van der Waals surface area contributed by atoms with Gasteiger partial charge >= 0.3 is 12.1 Å². The topological polar surface area (TPSA) is 66.8 Å². The van der Waals surface area contributed by atoms with Gasteiger partial charge in [0.1, 0.15) is 5.60 Å². The summed E-state index contributed by atoms with van der Waals surface area (Å²) in [6, 6.07) is -0.252. The number of hydrogen-bond acceptors (Lipinski definition) is 3. The number of aliphatic carboxylic acids is 1. The van der Waals surface area contributed by atoms with E-state index in [9.17, 15) is 9.59 Å². The fourth-order valence-corrected chi connectivity index (χ4v) is 2.22. The van der Waals surface area contributed by atoms with Gasteiger partial charge in [-0.15, -0.1) is 0 Å². The first-order valence-electron chi connectivity index (χ1n) is 5.77. The van der Waals surface area contributed by atoms with Crippen LogP contribution in [-0.4, -0.2) is 39.3 Å². The minimum absolute atomic E-state index is 0.0251. The van der Waals surface area contributed by atoms with Crippen LogP contribution in [0.4, 0.5) is 4.79 Å². The predicted molar refractivity (Wildman–Crippen MR) is 62.8 cm³/mol. The van der Waals surface area contributed by atoms with E-state index in [1.54, 1.807) is 20.8 Å². The molecule has 1 aliphatic rings. The van der Waals surface area contributed by atoms with Crippen LogP contribution in [0.1, 0.15) is 47.5 Å². The molecule has 98 valence electrons. The van der Waals surface area contributed by atoms with Gasteiger partial charge in [0.15, 0.2) is 0 Å². The second-order valence-corrected chi connectivity index (χ2v) is 6.12. The lowest BCUT2D eigenvalue weighted by molar-refractivity contribution is -0.142. The Hall–Kier alpha value is -1.26. The Morgan fingerprint density at radius 2 is 1.94 bits per heavy atom. The van der Waals surface area contributed by atoms with Crippen LogP contribution >= 0.6 is 0 Å². The summed E-state index contributed by atoms with van der Waals surface area (Å²) >= 11 is 0. The Morgan fingerprint density at radius 1 is 1.41 bits per heavy atom. The molecule has 1 aliphatic heterocycles. The highest BCUT2D eigenvalue weighted by molar-refractivity contribution is 5.74. The van der Waals surface area contributed by atoms with E-state index in [4.69, 9.17) is 9.84 Å². The molecule has 17 heavy (non-hydrogen) atoms. The molecule has 0 aromatic carbocycles. The van der Waals surface area contributed by atoms with E-state index in [1.165, 1.54) is 4.90 Å². The van der Waals surface area contributed by atoms with Crippen molar-refractivity contribution in [3.8, 4) is 0 Å². The molecular weight excluding hydrogens is 222 g/mol. The summed E-state index contributed by atoms with van der Waals surface area (Å²) in [6.45, 7) is 9.21. The van der Waals surface area contributed by atoms with E-state index in [2.05, 4.69) is 0 Å². The van der Waals surface area contributed by atoms with Crippen LogP contribution in [0, 0.1) is 0 Å². The quantitative estimate of drug-likeness (QED) is 0.807. The first kappa shape index (κ1) is 13.8. The molecular formula is C12H21NO4. The molecule has 1 unspecified atom stereocenters. The average molecular weight is 243 g/mol.